The number of hydrogen-bond acceptors (Lipinski definition) is 4. The van der Waals surface area contributed by atoms with E-state index in [-0.39, 0.29) is 25.2 Å². The molecule has 1 aromatic rings. The van der Waals surface area contributed by atoms with Gasteiger partial charge in [-0.2, -0.15) is 0 Å². The fourth-order valence-corrected chi connectivity index (χ4v) is 1.98. The van der Waals surface area contributed by atoms with E-state index in [1.165, 1.54) is 6.08 Å². The highest BCUT2D eigenvalue weighted by Crippen LogP contribution is 2.21. The Morgan fingerprint density at radius 1 is 1.22 bits per heavy atom. The summed E-state index contributed by atoms with van der Waals surface area (Å²) in [7, 11) is 0. The van der Waals surface area contributed by atoms with Crippen LogP contribution in [0.4, 0.5) is 0 Å². The van der Waals surface area contributed by atoms with Gasteiger partial charge in [-0.25, -0.2) is 0 Å². The molecular formula is C18H21ClO4. The number of Topliss-reactive ketones (excluding diaryl/α,β-unsaturated/α-hetero) is 1. The number of rotatable bonds is 11. The molecule has 0 aromatic heterocycles. The monoisotopic (exact) mass is 336 g/mol. The predicted molar refractivity (Wildman–Crippen MR) is 92.1 cm³/mol. The molecule has 0 saturated heterocycles. The van der Waals surface area contributed by atoms with E-state index in [1.807, 2.05) is 0 Å². The van der Waals surface area contributed by atoms with Gasteiger partial charge in [0.2, 0.25) is 0 Å². The smallest absolute Gasteiger partial charge is 0.306 e. The van der Waals surface area contributed by atoms with Crippen LogP contribution in [-0.4, -0.2) is 30.8 Å². The zero-order chi connectivity index (χ0) is 17.1. The molecule has 0 bridgehead atoms. The lowest BCUT2D eigenvalue weighted by atomic mass is 10.00. The highest BCUT2D eigenvalue weighted by atomic mass is 35.5. The van der Waals surface area contributed by atoms with Crippen LogP contribution in [0.3, 0.4) is 0 Å². The third kappa shape index (κ3) is 6.70. The quantitative estimate of drug-likeness (QED) is 0.201. The summed E-state index contributed by atoms with van der Waals surface area (Å²) in [5.41, 5.74) is 1.19. The number of hydrogen-bond donors (Lipinski definition) is 0. The van der Waals surface area contributed by atoms with Gasteiger partial charge in [0.1, 0.15) is 12.4 Å². The Balaban J connectivity index is 2.67. The summed E-state index contributed by atoms with van der Waals surface area (Å²) in [6, 6.07) is 5.17. The predicted octanol–water partition coefficient (Wildman–Crippen LogP) is 4.03. The second kappa shape index (κ2) is 10.6. The summed E-state index contributed by atoms with van der Waals surface area (Å²) in [6.07, 6.45) is 3.95. The SMILES string of the molecule is C=CCOC(=O)CCC(=O)c1ccc(OCCCCl)cc1C=C. The van der Waals surface area contributed by atoms with Crippen molar-refractivity contribution < 1.29 is 19.1 Å². The van der Waals surface area contributed by atoms with Crippen LogP contribution in [-0.2, 0) is 9.53 Å². The molecule has 0 radical (unpaired) electrons. The summed E-state index contributed by atoms with van der Waals surface area (Å²) in [6.45, 7) is 7.84. The molecule has 0 spiro atoms. The van der Waals surface area contributed by atoms with Crippen molar-refractivity contribution >= 4 is 29.4 Å². The summed E-state index contributed by atoms with van der Waals surface area (Å²) in [5.74, 6) is 0.640. The van der Waals surface area contributed by atoms with Crippen LogP contribution in [0, 0.1) is 0 Å². The summed E-state index contributed by atoms with van der Waals surface area (Å²) < 4.78 is 10.4. The maximum Gasteiger partial charge on any atom is 0.306 e. The lowest BCUT2D eigenvalue weighted by Crippen LogP contribution is -2.09. The van der Waals surface area contributed by atoms with Crippen LogP contribution in [0.2, 0.25) is 0 Å². The largest absolute Gasteiger partial charge is 0.494 e. The molecule has 0 aliphatic carbocycles. The van der Waals surface area contributed by atoms with E-state index in [0.29, 0.717) is 29.4 Å². The van der Waals surface area contributed by atoms with Crippen molar-refractivity contribution in [3.8, 4) is 5.75 Å². The molecule has 5 heteroatoms. The molecule has 23 heavy (non-hydrogen) atoms. The molecule has 1 rings (SSSR count). The van der Waals surface area contributed by atoms with Crippen molar-refractivity contribution in [2.75, 3.05) is 19.1 Å². The Kier molecular flexibility index (Phi) is 8.76. The maximum absolute atomic E-state index is 12.2. The van der Waals surface area contributed by atoms with Crippen LogP contribution in [0.1, 0.15) is 35.2 Å². The third-order valence-electron chi connectivity index (χ3n) is 3.01. The molecule has 4 nitrogen and oxygen atoms in total. The van der Waals surface area contributed by atoms with Gasteiger partial charge in [-0.1, -0.05) is 25.3 Å². The number of esters is 1. The van der Waals surface area contributed by atoms with Crippen molar-refractivity contribution in [3.05, 3.63) is 48.6 Å². The molecule has 0 saturated carbocycles. The molecular weight excluding hydrogens is 316 g/mol. The van der Waals surface area contributed by atoms with Crippen molar-refractivity contribution in [1.29, 1.82) is 0 Å². The third-order valence-corrected chi connectivity index (χ3v) is 3.28. The molecule has 124 valence electrons. The fourth-order valence-electron chi connectivity index (χ4n) is 1.87. The standard InChI is InChI=1S/C18H21ClO4/c1-3-11-23-18(21)9-8-17(20)16-7-6-15(13-14(16)4-2)22-12-5-10-19/h3-4,6-7,13H,1-2,5,8-12H2. The first kappa shape index (κ1) is 19.0. The van der Waals surface area contributed by atoms with Gasteiger partial charge in [0.15, 0.2) is 5.78 Å². The minimum absolute atomic E-state index is 0.0389. The van der Waals surface area contributed by atoms with Crippen LogP contribution in [0.15, 0.2) is 37.4 Å². The van der Waals surface area contributed by atoms with E-state index in [1.54, 1.807) is 24.3 Å². The molecule has 0 aliphatic rings. The van der Waals surface area contributed by atoms with Gasteiger partial charge in [0.05, 0.1) is 13.0 Å². The fraction of sp³-hybridized carbons (Fsp3) is 0.333. The Hall–Kier alpha value is -2.07. The van der Waals surface area contributed by atoms with E-state index in [0.717, 1.165) is 6.42 Å². The molecule has 0 N–H and O–H groups in total. The highest BCUT2D eigenvalue weighted by Gasteiger charge is 2.13. The highest BCUT2D eigenvalue weighted by molar-refractivity contribution is 6.17. The van der Waals surface area contributed by atoms with Crippen molar-refractivity contribution in [2.45, 2.75) is 19.3 Å². The van der Waals surface area contributed by atoms with Gasteiger partial charge in [0, 0.05) is 17.9 Å². The van der Waals surface area contributed by atoms with E-state index in [4.69, 9.17) is 21.1 Å². The topological polar surface area (TPSA) is 52.6 Å². The number of ether oxygens (including phenoxy) is 2. The van der Waals surface area contributed by atoms with Gasteiger partial charge in [-0.05, 0) is 30.2 Å². The van der Waals surface area contributed by atoms with Crippen molar-refractivity contribution in [2.24, 2.45) is 0 Å². The molecule has 0 amide bonds. The summed E-state index contributed by atoms with van der Waals surface area (Å²) >= 11 is 5.60. The molecule has 0 unspecified atom stereocenters. The minimum Gasteiger partial charge on any atom is -0.494 e. The van der Waals surface area contributed by atoms with E-state index in [9.17, 15) is 9.59 Å². The number of carbonyl (C=O) groups is 2. The number of halogens is 1. The minimum atomic E-state index is -0.417. The molecule has 0 fully saturated rings. The van der Waals surface area contributed by atoms with Crippen molar-refractivity contribution in [3.63, 3.8) is 0 Å². The lowest BCUT2D eigenvalue weighted by Gasteiger charge is -2.09. The summed E-state index contributed by atoms with van der Waals surface area (Å²) in [4.78, 5) is 23.7. The van der Waals surface area contributed by atoms with Gasteiger partial charge < -0.3 is 9.47 Å². The molecule has 1 aromatic carbocycles. The Morgan fingerprint density at radius 2 is 2.00 bits per heavy atom. The Morgan fingerprint density at radius 3 is 2.65 bits per heavy atom. The second-order valence-corrected chi connectivity index (χ2v) is 5.12. The van der Waals surface area contributed by atoms with Crippen molar-refractivity contribution in [1.82, 2.24) is 0 Å². The van der Waals surface area contributed by atoms with Crippen LogP contribution >= 0.6 is 11.6 Å². The zero-order valence-electron chi connectivity index (χ0n) is 13.1. The van der Waals surface area contributed by atoms with Crippen LogP contribution in [0.25, 0.3) is 6.08 Å². The normalized spacial score (nSPS) is 9.96. The number of benzene rings is 1. The summed E-state index contributed by atoms with van der Waals surface area (Å²) in [5, 5.41) is 0. The van der Waals surface area contributed by atoms with Gasteiger partial charge in [0.25, 0.3) is 0 Å². The van der Waals surface area contributed by atoms with Gasteiger partial charge in [-0.15, -0.1) is 11.6 Å². The average molecular weight is 337 g/mol. The Bertz CT molecular complexity index is 566. The van der Waals surface area contributed by atoms with Gasteiger partial charge in [-0.3, -0.25) is 9.59 Å². The van der Waals surface area contributed by atoms with E-state index >= 15 is 0 Å². The van der Waals surface area contributed by atoms with E-state index < -0.39 is 5.97 Å². The first-order valence-corrected chi connectivity index (χ1v) is 7.90. The lowest BCUT2D eigenvalue weighted by molar-refractivity contribution is -0.142. The van der Waals surface area contributed by atoms with Crippen LogP contribution in [0.5, 0.6) is 5.75 Å². The number of alkyl halides is 1. The molecule has 0 heterocycles. The average Bonchev–Trinajstić information content (AvgIpc) is 2.57. The maximum atomic E-state index is 12.2. The zero-order valence-corrected chi connectivity index (χ0v) is 13.8. The number of carbonyl (C=O) groups excluding carboxylic acids is 2. The van der Waals surface area contributed by atoms with Crippen LogP contribution < -0.4 is 4.74 Å². The van der Waals surface area contributed by atoms with Gasteiger partial charge >= 0.3 is 5.97 Å². The molecule has 0 atom stereocenters. The number of ketones is 1. The Labute approximate surface area is 141 Å². The van der Waals surface area contributed by atoms with E-state index in [2.05, 4.69) is 13.2 Å². The second-order valence-electron chi connectivity index (χ2n) is 4.74. The first-order valence-electron chi connectivity index (χ1n) is 7.37. The first-order chi connectivity index (χ1) is 11.1. The molecule has 0 aliphatic heterocycles.